The number of rotatable bonds is 8. The Morgan fingerprint density at radius 2 is 1.81 bits per heavy atom. The molecule has 0 aliphatic rings. The highest BCUT2D eigenvalue weighted by Crippen LogP contribution is 2.27. The number of thiazole rings is 1. The van der Waals surface area contributed by atoms with E-state index in [9.17, 15) is 0 Å². The molecule has 0 spiro atoms. The van der Waals surface area contributed by atoms with E-state index in [0.29, 0.717) is 12.0 Å². The van der Waals surface area contributed by atoms with Gasteiger partial charge < -0.3 is 5.32 Å². The summed E-state index contributed by atoms with van der Waals surface area (Å²) in [5, 5.41) is 7.12. The highest BCUT2D eigenvalue weighted by molar-refractivity contribution is 7.09. The summed E-state index contributed by atoms with van der Waals surface area (Å²) in [7, 11) is 0. The van der Waals surface area contributed by atoms with Gasteiger partial charge in [0.05, 0.1) is 10.7 Å². The molecular weight excluding hydrogens is 276 g/mol. The van der Waals surface area contributed by atoms with E-state index in [-0.39, 0.29) is 0 Å². The molecule has 21 heavy (non-hydrogen) atoms. The highest BCUT2D eigenvalue weighted by atomic mass is 32.1. The fourth-order valence-electron chi connectivity index (χ4n) is 2.69. The van der Waals surface area contributed by atoms with Crippen molar-refractivity contribution in [2.45, 2.75) is 52.0 Å². The van der Waals surface area contributed by atoms with Gasteiger partial charge in [-0.2, -0.15) is 0 Å². The Morgan fingerprint density at radius 3 is 2.43 bits per heavy atom. The van der Waals surface area contributed by atoms with Crippen LogP contribution in [-0.4, -0.2) is 11.5 Å². The standard InChI is InChI=1S/C18H26N2S/c1-4-14(5-2)18-20-16(13-21-18)12-17(19-6-3)15-10-8-7-9-11-15/h7-11,13-14,17,19H,4-6,12H2,1-3H3. The molecule has 1 N–H and O–H groups in total. The molecule has 0 aliphatic heterocycles. The summed E-state index contributed by atoms with van der Waals surface area (Å²) in [6.07, 6.45) is 3.33. The van der Waals surface area contributed by atoms with E-state index >= 15 is 0 Å². The van der Waals surface area contributed by atoms with E-state index in [0.717, 1.165) is 13.0 Å². The van der Waals surface area contributed by atoms with Crippen molar-refractivity contribution in [3.8, 4) is 0 Å². The molecule has 1 unspecified atom stereocenters. The Kier molecular flexibility index (Phi) is 6.40. The summed E-state index contributed by atoms with van der Waals surface area (Å²) < 4.78 is 0. The maximum Gasteiger partial charge on any atom is 0.0959 e. The number of benzene rings is 1. The molecule has 0 radical (unpaired) electrons. The third-order valence-electron chi connectivity index (χ3n) is 3.97. The van der Waals surface area contributed by atoms with Gasteiger partial charge in [-0.1, -0.05) is 51.1 Å². The van der Waals surface area contributed by atoms with Gasteiger partial charge in [-0.3, -0.25) is 0 Å². The zero-order valence-corrected chi connectivity index (χ0v) is 14.1. The Balaban J connectivity index is 2.11. The van der Waals surface area contributed by atoms with Crippen LogP contribution in [0.25, 0.3) is 0 Å². The van der Waals surface area contributed by atoms with Crippen LogP contribution in [0.3, 0.4) is 0 Å². The largest absolute Gasteiger partial charge is 0.310 e. The van der Waals surface area contributed by atoms with Crippen LogP contribution in [0.4, 0.5) is 0 Å². The maximum atomic E-state index is 4.88. The lowest BCUT2D eigenvalue weighted by molar-refractivity contribution is 0.543. The van der Waals surface area contributed by atoms with E-state index in [4.69, 9.17) is 4.98 Å². The average molecular weight is 302 g/mol. The van der Waals surface area contributed by atoms with Gasteiger partial charge in [-0.15, -0.1) is 11.3 Å². The second-order valence-corrected chi connectivity index (χ2v) is 6.31. The first-order chi connectivity index (χ1) is 10.3. The van der Waals surface area contributed by atoms with Crippen LogP contribution in [0.1, 0.15) is 61.8 Å². The zero-order valence-electron chi connectivity index (χ0n) is 13.3. The van der Waals surface area contributed by atoms with Crippen molar-refractivity contribution in [2.24, 2.45) is 0 Å². The fourth-order valence-corrected chi connectivity index (χ4v) is 3.79. The molecule has 0 aliphatic carbocycles. The monoisotopic (exact) mass is 302 g/mol. The molecule has 0 fully saturated rings. The molecule has 2 rings (SSSR count). The number of hydrogen-bond acceptors (Lipinski definition) is 3. The van der Waals surface area contributed by atoms with Crippen molar-refractivity contribution in [3.63, 3.8) is 0 Å². The van der Waals surface area contributed by atoms with Crippen molar-refractivity contribution in [3.05, 3.63) is 52.0 Å². The lowest BCUT2D eigenvalue weighted by Crippen LogP contribution is -2.23. The van der Waals surface area contributed by atoms with Crippen molar-refractivity contribution in [1.29, 1.82) is 0 Å². The summed E-state index contributed by atoms with van der Waals surface area (Å²) in [5.41, 5.74) is 2.56. The second kappa shape index (κ2) is 8.30. The van der Waals surface area contributed by atoms with Gasteiger partial charge in [0.25, 0.3) is 0 Å². The van der Waals surface area contributed by atoms with Gasteiger partial charge in [0, 0.05) is 23.8 Å². The molecule has 1 aromatic carbocycles. The molecule has 1 heterocycles. The van der Waals surface area contributed by atoms with Crippen LogP contribution in [0.15, 0.2) is 35.7 Å². The van der Waals surface area contributed by atoms with Crippen LogP contribution < -0.4 is 5.32 Å². The van der Waals surface area contributed by atoms with Crippen molar-refractivity contribution in [1.82, 2.24) is 10.3 Å². The van der Waals surface area contributed by atoms with Crippen LogP contribution in [0.2, 0.25) is 0 Å². The lowest BCUT2D eigenvalue weighted by atomic mass is 10.0. The van der Waals surface area contributed by atoms with E-state index in [1.165, 1.54) is 29.1 Å². The molecule has 1 aromatic heterocycles. The van der Waals surface area contributed by atoms with Gasteiger partial charge in [0.2, 0.25) is 0 Å². The molecule has 0 amide bonds. The lowest BCUT2D eigenvalue weighted by Gasteiger charge is -2.17. The third-order valence-corrected chi connectivity index (χ3v) is 5.03. The SMILES string of the molecule is CCNC(Cc1csc(C(CC)CC)n1)c1ccccc1. The smallest absolute Gasteiger partial charge is 0.0959 e. The van der Waals surface area contributed by atoms with Crippen LogP contribution >= 0.6 is 11.3 Å². The molecule has 0 saturated carbocycles. The Hall–Kier alpha value is -1.19. The molecule has 2 aromatic rings. The second-order valence-electron chi connectivity index (χ2n) is 5.42. The molecule has 1 atom stereocenters. The fraction of sp³-hybridized carbons (Fsp3) is 0.500. The van der Waals surface area contributed by atoms with E-state index < -0.39 is 0 Å². The number of likely N-dealkylation sites (N-methyl/N-ethyl adjacent to an activating group) is 1. The van der Waals surface area contributed by atoms with Gasteiger partial charge in [-0.25, -0.2) is 4.98 Å². The van der Waals surface area contributed by atoms with Crippen LogP contribution in [0.5, 0.6) is 0 Å². The van der Waals surface area contributed by atoms with Gasteiger partial charge in [0.1, 0.15) is 0 Å². The zero-order chi connectivity index (χ0) is 15.1. The molecule has 2 nitrogen and oxygen atoms in total. The average Bonchev–Trinajstić information content (AvgIpc) is 2.97. The number of hydrogen-bond donors (Lipinski definition) is 1. The third kappa shape index (κ3) is 4.39. The normalized spacial score (nSPS) is 12.8. The molecular formula is C18H26N2S. The summed E-state index contributed by atoms with van der Waals surface area (Å²) >= 11 is 1.82. The number of nitrogens with one attached hydrogen (secondary N) is 1. The molecule has 3 heteroatoms. The maximum absolute atomic E-state index is 4.88. The highest BCUT2D eigenvalue weighted by Gasteiger charge is 2.15. The quantitative estimate of drug-likeness (QED) is 0.747. The molecule has 0 saturated heterocycles. The predicted octanol–water partition coefficient (Wildman–Crippen LogP) is 4.94. The molecule has 0 bridgehead atoms. The number of aromatic nitrogens is 1. The van der Waals surface area contributed by atoms with Crippen LogP contribution in [-0.2, 0) is 6.42 Å². The summed E-state index contributed by atoms with van der Waals surface area (Å²) in [6, 6.07) is 11.0. The molecule has 114 valence electrons. The summed E-state index contributed by atoms with van der Waals surface area (Å²) in [4.78, 5) is 4.88. The predicted molar refractivity (Wildman–Crippen MR) is 92.0 cm³/mol. The first-order valence-corrected chi connectivity index (χ1v) is 8.89. The van der Waals surface area contributed by atoms with Gasteiger partial charge in [0.15, 0.2) is 0 Å². The minimum atomic E-state index is 0.354. The first kappa shape index (κ1) is 16.2. The summed E-state index contributed by atoms with van der Waals surface area (Å²) in [5.74, 6) is 0.623. The minimum Gasteiger partial charge on any atom is -0.310 e. The van der Waals surface area contributed by atoms with E-state index in [1.54, 1.807) is 0 Å². The number of nitrogens with zero attached hydrogens (tertiary/aromatic N) is 1. The van der Waals surface area contributed by atoms with Crippen molar-refractivity contribution in [2.75, 3.05) is 6.54 Å². The minimum absolute atomic E-state index is 0.354. The van der Waals surface area contributed by atoms with Crippen LogP contribution in [0, 0.1) is 0 Å². The van der Waals surface area contributed by atoms with Gasteiger partial charge in [-0.05, 0) is 24.9 Å². The summed E-state index contributed by atoms with van der Waals surface area (Å²) in [6.45, 7) is 7.64. The Labute approximate surface area is 132 Å². The van der Waals surface area contributed by atoms with Gasteiger partial charge >= 0.3 is 0 Å². The Bertz CT molecular complexity index is 517. The van der Waals surface area contributed by atoms with E-state index in [2.05, 4.69) is 61.8 Å². The topological polar surface area (TPSA) is 24.9 Å². The van der Waals surface area contributed by atoms with E-state index in [1.807, 2.05) is 11.3 Å². The van der Waals surface area contributed by atoms with Crippen molar-refractivity contribution >= 4 is 11.3 Å². The first-order valence-electron chi connectivity index (χ1n) is 8.01. The van der Waals surface area contributed by atoms with Crippen molar-refractivity contribution < 1.29 is 0 Å². The Morgan fingerprint density at radius 1 is 1.10 bits per heavy atom.